The van der Waals surface area contributed by atoms with Gasteiger partial charge in [0.25, 0.3) is 5.91 Å². The lowest BCUT2D eigenvalue weighted by Crippen LogP contribution is -2.42. The first-order valence-corrected chi connectivity index (χ1v) is 4.37. The maximum absolute atomic E-state index is 11.3. The zero-order valence-electron chi connectivity index (χ0n) is 7.73. The summed E-state index contributed by atoms with van der Waals surface area (Å²) in [7, 11) is 0. The fourth-order valence-corrected chi connectivity index (χ4v) is 1.14. The van der Waals surface area contributed by atoms with E-state index in [9.17, 15) is 4.79 Å². The third kappa shape index (κ3) is 1.59. The number of hydrogen-bond donors (Lipinski definition) is 1. The fraction of sp³-hybridized carbons (Fsp3) is 0.200. The number of benzene rings is 1. The van der Waals surface area contributed by atoms with Crippen molar-refractivity contribution in [3.05, 3.63) is 35.9 Å². The van der Waals surface area contributed by atoms with Crippen LogP contribution in [0.15, 0.2) is 35.5 Å². The van der Waals surface area contributed by atoms with Gasteiger partial charge in [-0.15, -0.1) is 0 Å². The lowest BCUT2D eigenvalue weighted by Gasteiger charge is -2.17. The first kappa shape index (κ1) is 8.74. The highest BCUT2D eigenvalue weighted by Gasteiger charge is 2.21. The standard InChI is InChI=1S/C10H10N2O2/c1-7-10(13)11-9(12-14-7)8-5-3-2-4-6-8/h2-7H,1H3,(H,11,12,13). The highest BCUT2D eigenvalue weighted by atomic mass is 16.6. The van der Waals surface area contributed by atoms with E-state index in [-0.39, 0.29) is 5.91 Å². The van der Waals surface area contributed by atoms with Crippen molar-refractivity contribution < 1.29 is 9.63 Å². The van der Waals surface area contributed by atoms with Crippen LogP contribution in [0.25, 0.3) is 0 Å². The molecule has 1 aliphatic rings. The molecule has 0 bridgehead atoms. The Bertz CT molecular complexity index is 373. The summed E-state index contributed by atoms with van der Waals surface area (Å²) in [6.07, 6.45) is -0.512. The van der Waals surface area contributed by atoms with Gasteiger partial charge in [-0.2, -0.15) is 0 Å². The van der Waals surface area contributed by atoms with E-state index >= 15 is 0 Å². The highest BCUT2D eigenvalue weighted by Crippen LogP contribution is 2.05. The molecule has 1 N–H and O–H groups in total. The van der Waals surface area contributed by atoms with Crippen LogP contribution >= 0.6 is 0 Å². The molecule has 1 amide bonds. The second-order valence-electron chi connectivity index (χ2n) is 3.04. The van der Waals surface area contributed by atoms with Crippen molar-refractivity contribution >= 4 is 11.7 Å². The minimum Gasteiger partial charge on any atom is -0.381 e. The summed E-state index contributed by atoms with van der Waals surface area (Å²) in [4.78, 5) is 16.2. The summed E-state index contributed by atoms with van der Waals surface area (Å²) >= 11 is 0. The SMILES string of the molecule is CC1ON=C(c2ccccc2)NC1=O. The number of amides is 1. The van der Waals surface area contributed by atoms with Gasteiger partial charge in [0.15, 0.2) is 5.84 Å². The summed E-state index contributed by atoms with van der Waals surface area (Å²) in [6.45, 7) is 1.65. The van der Waals surface area contributed by atoms with Crippen LogP contribution in [0.4, 0.5) is 0 Å². The molecule has 2 rings (SSSR count). The van der Waals surface area contributed by atoms with Crippen molar-refractivity contribution in [3.8, 4) is 0 Å². The van der Waals surface area contributed by atoms with Gasteiger partial charge in [-0.3, -0.25) is 4.79 Å². The first-order valence-electron chi connectivity index (χ1n) is 4.37. The lowest BCUT2D eigenvalue weighted by atomic mass is 10.2. The Morgan fingerprint density at radius 1 is 1.36 bits per heavy atom. The van der Waals surface area contributed by atoms with Crippen molar-refractivity contribution in [3.63, 3.8) is 0 Å². The molecule has 14 heavy (non-hydrogen) atoms. The summed E-state index contributed by atoms with van der Waals surface area (Å²) in [5, 5.41) is 6.48. The van der Waals surface area contributed by atoms with Gasteiger partial charge in [0, 0.05) is 5.56 Å². The van der Waals surface area contributed by atoms with E-state index in [2.05, 4.69) is 10.5 Å². The van der Waals surface area contributed by atoms with E-state index in [0.717, 1.165) is 5.56 Å². The highest BCUT2D eigenvalue weighted by molar-refractivity contribution is 6.09. The van der Waals surface area contributed by atoms with E-state index in [1.54, 1.807) is 6.92 Å². The van der Waals surface area contributed by atoms with Crippen molar-refractivity contribution in [2.24, 2.45) is 5.16 Å². The molecule has 1 atom stereocenters. The van der Waals surface area contributed by atoms with E-state index in [4.69, 9.17) is 4.84 Å². The normalized spacial score (nSPS) is 20.8. The van der Waals surface area contributed by atoms with Gasteiger partial charge in [0.1, 0.15) is 0 Å². The second-order valence-corrected chi connectivity index (χ2v) is 3.04. The Morgan fingerprint density at radius 3 is 2.71 bits per heavy atom. The summed E-state index contributed by atoms with van der Waals surface area (Å²) in [6, 6.07) is 9.37. The van der Waals surface area contributed by atoms with Crippen molar-refractivity contribution in [1.29, 1.82) is 0 Å². The van der Waals surface area contributed by atoms with Crippen LogP contribution in [-0.4, -0.2) is 17.8 Å². The molecule has 0 spiro atoms. The van der Waals surface area contributed by atoms with Gasteiger partial charge in [0.05, 0.1) is 0 Å². The Kier molecular flexibility index (Phi) is 2.18. The maximum atomic E-state index is 11.3. The van der Waals surface area contributed by atoms with Gasteiger partial charge in [-0.05, 0) is 6.92 Å². The Balaban J connectivity index is 2.25. The van der Waals surface area contributed by atoms with Crippen LogP contribution in [0.2, 0.25) is 0 Å². The third-order valence-electron chi connectivity index (χ3n) is 1.96. The van der Waals surface area contributed by atoms with Crippen molar-refractivity contribution in [2.45, 2.75) is 13.0 Å². The fourth-order valence-electron chi connectivity index (χ4n) is 1.14. The Labute approximate surface area is 81.6 Å². The quantitative estimate of drug-likeness (QED) is 0.714. The minimum atomic E-state index is -0.512. The number of hydrogen-bond acceptors (Lipinski definition) is 3. The molecule has 0 saturated carbocycles. The zero-order valence-corrected chi connectivity index (χ0v) is 7.73. The smallest absolute Gasteiger partial charge is 0.269 e. The van der Waals surface area contributed by atoms with E-state index < -0.39 is 6.10 Å². The second kappa shape index (κ2) is 3.49. The number of amidine groups is 1. The molecule has 1 unspecified atom stereocenters. The number of rotatable bonds is 1. The molecular formula is C10H10N2O2. The first-order chi connectivity index (χ1) is 6.77. The number of oxime groups is 1. The average molecular weight is 190 g/mol. The zero-order chi connectivity index (χ0) is 9.97. The van der Waals surface area contributed by atoms with Crippen LogP contribution in [0.5, 0.6) is 0 Å². The van der Waals surface area contributed by atoms with Gasteiger partial charge < -0.3 is 10.2 Å². The number of carbonyl (C=O) groups excluding carboxylic acids is 1. The monoisotopic (exact) mass is 190 g/mol. The Hall–Kier alpha value is -1.84. The minimum absolute atomic E-state index is 0.168. The average Bonchev–Trinajstić information content (AvgIpc) is 2.23. The Morgan fingerprint density at radius 2 is 2.07 bits per heavy atom. The molecule has 0 saturated heterocycles. The van der Waals surface area contributed by atoms with Crippen molar-refractivity contribution in [1.82, 2.24) is 5.32 Å². The third-order valence-corrected chi connectivity index (χ3v) is 1.96. The van der Waals surface area contributed by atoms with Crippen LogP contribution in [-0.2, 0) is 9.63 Å². The molecule has 72 valence electrons. The van der Waals surface area contributed by atoms with Gasteiger partial charge in [-0.25, -0.2) is 0 Å². The van der Waals surface area contributed by atoms with Crippen molar-refractivity contribution in [2.75, 3.05) is 0 Å². The molecule has 1 aromatic carbocycles. The van der Waals surface area contributed by atoms with Crippen LogP contribution < -0.4 is 5.32 Å². The predicted octanol–water partition coefficient (Wildman–Crippen LogP) is 0.883. The molecule has 4 nitrogen and oxygen atoms in total. The molecule has 1 aliphatic heterocycles. The van der Waals surface area contributed by atoms with E-state index in [1.807, 2.05) is 30.3 Å². The molecule has 1 aromatic rings. The van der Waals surface area contributed by atoms with Gasteiger partial charge >= 0.3 is 0 Å². The number of nitrogens with one attached hydrogen (secondary N) is 1. The van der Waals surface area contributed by atoms with E-state index in [0.29, 0.717) is 5.84 Å². The van der Waals surface area contributed by atoms with Crippen LogP contribution in [0, 0.1) is 0 Å². The molecule has 0 fully saturated rings. The van der Waals surface area contributed by atoms with Crippen LogP contribution in [0.1, 0.15) is 12.5 Å². The molecule has 0 aromatic heterocycles. The van der Waals surface area contributed by atoms with Gasteiger partial charge in [-0.1, -0.05) is 35.5 Å². The summed E-state index contributed by atoms with van der Waals surface area (Å²) < 4.78 is 0. The number of carbonyl (C=O) groups is 1. The van der Waals surface area contributed by atoms with E-state index in [1.165, 1.54) is 0 Å². The molecule has 1 heterocycles. The maximum Gasteiger partial charge on any atom is 0.269 e. The molecule has 0 aliphatic carbocycles. The topological polar surface area (TPSA) is 50.7 Å². The summed E-state index contributed by atoms with van der Waals surface area (Å²) in [5.74, 6) is 0.299. The largest absolute Gasteiger partial charge is 0.381 e. The number of nitrogens with zero attached hydrogens (tertiary/aromatic N) is 1. The molecule has 0 radical (unpaired) electrons. The summed E-state index contributed by atoms with van der Waals surface area (Å²) in [5.41, 5.74) is 0.841. The lowest BCUT2D eigenvalue weighted by molar-refractivity contribution is -0.131. The molecule has 4 heteroatoms. The van der Waals surface area contributed by atoms with Gasteiger partial charge in [0.2, 0.25) is 6.10 Å². The predicted molar refractivity (Wildman–Crippen MR) is 51.7 cm³/mol. The molecular weight excluding hydrogens is 180 g/mol. The van der Waals surface area contributed by atoms with Crippen LogP contribution in [0.3, 0.4) is 0 Å².